The molecule has 0 amide bonds. The highest BCUT2D eigenvalue weighted by Crippen LogP contribution is 2.29. The van der Waals surface area contributed by atoms with E-state index in [9.17, 15) is 4.39 Å². The van der Waals surface area contributed by atoms with E-state index in [0.29, 0.717) is 22.8 Å². The van der Waals surface area contributed by atoms with Crippen molar-refractivity contribution in [3.05, 3.63) is 53.8 Å². The molecular formula is C16H16FN3O. The highest BCUT2D eigenvalue weighted by Gasteiger charge is 2.20. The molecule has 4 nitrogen and oxygen atoms in total. The molecule has 0 aliphatic rings. The number of nitrogens with two attached hydrogens (primary N) is 1. The van der Waals surface area contributed by atoms with Gasteiger partial charge >= 0.3 is 0 Å². The summed E-state index contributed by atoms with van der Waals surface area (Å²) in [5.41, 5.74) is 8.30. The fraction of sp³-hybridized carbons (Fsp3) is 0.188. The molecule has 2 aromatic carbocycles. The number of oxazole rings is 1. The second kappa shape index (κ2) is 5.09. The number of hydrogen-bond donors (Lipinski definition) is 1. The number of halogens is 1. The van der Waals surface area contributed by atoms with Crippen molar-refractivity contribution in [3.63, 3.8) is 0 Å². The normalized spacial score (nSPS) is 12.5. The van der Waals surface area contributed by atoms with E-state index < -0.39 is 0 Å². The van der Waals surface area contributed by atoms with E-state index in [1.54, 1.807) is 35.2 Å². The summed E-state index contributed by atoms with van der Waals surface area (Å²) < 4.78 is 19.6. The monoisotopic (exact) mass is 285 g/mol. The Bertz CT molecular complexity index is 784. The van der Waals surface area contributed by atoms with Crippen molar-refractivity contribution in [1.29, 1.82) is 0 Å². The van der Waals surface area contributed by atoms with Crippen LogP contribution in [0.4, 0.5) is 16.1 Å². The van der Waals surface area contributed by atoms with Crippen molar-refractivity contribution in [2.75, 3.05) is 17.7 Å². The molecule has 0 saturated heterocycles. The zero-order valence-electron chi connectivity index (χ0n) is 11.9. The van der Waals surface area contributed by atoms with Crippen LogP contribution in [0.2, 0.25) is 0 Å². The van der Waals surface area contributed by atoms with Crippen LogP contribution in [0.15, 0.2) is 46.9 Å². The zero-order valence-corrected chi connectivity index (χ0v) is 11.9. The SMILES string of the molecule is CC(c1ccccc1F)N(C)c1nc2ccc(N)cc2o1. The number of nitrogens with zero attached hydrogens (tertiary/aromatic N) is 2. The molecule has 1 heterocycles. The predicted molar refractivity (Wildman–Crippen MR) is 81.6 cm³/mol. The quantitative estimate of drug-likeness (QED) is 0.745. The minimum atomic E-state index is -0.239. The highest BCUT2D eigenvalue weighted by molar-refractivity contribution is 5.78. The Morgan fingerprint density at radius 3 is 2.76 bits per heavy atom. The summed E-state index contributed by atoms with van der Waals surface area (Å²) in [4.78, 5) is 6.21. The molecule has 0 saturated carbocycles. The van der Waals surface area contributed by atoms with Crippen LogP contribution in [0.1, 0.15) is 18.5 Å². The van der Waals surface area contributed by atoms with Gasteiger partial charge in [0.25, 0.3) is 6.01 Å². The van der Waals surface area contributed by atoms with Gasteiger partial charge in [-0.2, -0.15) is 4.98 Å². The molecule has 2 N–H and O–H groups in total. The first-order valence-corrected chi connectivity index (χ1v) is 6.69. The molecule has 0 fully saturated rings. The van der Waals surface area contributed by atoms with Gasteiger partial charge in [0.2, 0.25) is 0 Å². The summed E-state index contributed by atoms with van der Waals surface area (Å²) in [6, 6.07) is 12.2. The lowest BCUT2D eigenvalue weighted by Gasteiger charge is -2.23. The van der Waals surface area contributed by atoms with Crippen molar-refractivity contribution in [2.24, 2.45) is 0 Å². The summed E-state index contributed by atoms with van der Waals surface area (Å²) in [5, 5.41) is 0. The van der Waals surface area contributed by atoms with E-state index in [1.165, 1.54) is 6.07 Å². The first-order valence-electron chi connectivity index (χ1n) is 6.69. The highest BCUT2D eigenvalue weighted by atomic mass is 19.1. The van der Waals surface area contributed by atoms with Crippen molar-refractivity contribution in [3.8, 4) is 0 Å². The lowest BCUT2D eigenvalue weighted by molar-refractivity contribution is 0.538. The Hall–Kier alpha value is -2.56. The molecule has 3 rings (SSSR count). The summed E-state index contributed by atoms with van der Waals surface area (Å²) in [5.74, 6) is -0.239. The maximum Gasteiger partial charge on any atom is 0.298 e. The molecule has 3 aromatic rings. The summed E-state index contributed by atoms with van der Waals surface area (Å²) in [6.45, 7) is 1.90. The second-order valence-corrected chi connectivity index (χ2v) is 5.03. The van der Waals surface area contributed by atoms with Gasteiger partial charge in [-0.3, -0.25) is 0 Å². The van der Waals surface area contributed by atoms with E-state index in [1.807, 2.05) is 20.0 Å². The number of fused-ring (bicyclic) bond motifs is 1. The summed E-state index contributed by atoms with van der Waals surface area (Å²) >= 11 is 0. The van der Waals surface area contributed by atoms with Crippen LogP contribution in [-0.2, 0) is 0 Å². The number of hydrogen-bond acceptors (Lipinski definition) is 4. The van der Waals surface area contributed by atoms with Crippen LogP contribution in [-0.4, -0.2) is 12.0 Å². The maximum atomic E-state index is 13.9. The molecule has 1 atom stereocenters. The van der Waals surface area contributed by atoms with Crippen LogP contribution in [0.3, 0.4) is 0 Å². The van der Waals surface area contributed by atoms with Gasteiger partial charge in [0.15, 0.2) is 5.58 Å². The van der Waals surface area contributed by atoms with Crippen LogP contribution < -0.4 is 10.6 Å². The van der Waals surface area contributed by atoms with E-state index in [4.69, 9.17) is 10.2 Å². The molecule has 1 aromatic heterocycles. The average Bonchev–Trinajstić information content (AvgIpc) is 2.89. The average molecular weight is 285 g/mol. The van der Waals surface area contributed by atoms with E-state index in [2.05, 4.69) is 4.98 Å². The molecule has 5 heteroatoms. The Morgan fingerprint density at radius 1 is 1.24 bits per heavy atom. The van der Waals surface area contributed by atoms with Crippen LogP contribution in [0, 0.1) is 5.82 Å². The lowest BCUT2D eigenvalue weighted by Crippen LogP contribution is -2.22. The van der Waals surface area contributed by atoms with Gasteiger partial charge in [0, 0.05) is 24.4 Å². The topological polar surface area (TPSA) is 55.3 Å². The van der Waals surface area contributed by atoms with Gasteiger partial charge in [0.1, 0.15) is 11.3 Å². The molecule has 0 spiro atoms. The predicted octanol–water partition coefficient (Wildman–Crippen LogP) is 3.75. The molecule has 108 valence electrons. The number of rotatable bonds is 3. The fourth-order valence-electron chi connectivity index (χ4n) is 2.27. The number of anilines is 2. The van der Waals surface area contributed by atoms with Crippen molar-refractivity contribution >= 4 is 22.8 Å². The fourth-order valence-corrected chi connectivity index (χ4v) is 2.27. The van der Waals surface area contributed by atoms with E-state index >= 15 is 0 Å². The van der Waals surface area contributed by atoms with Crippen LogP contribution in [0.5, 0.6) is 0 Å². The Morgan fingerprint density at radius 2 is 2.00 bits per heavy atom. The summed E-state index contributed by atoms with van der Waals surface area (Å²) in [6.07, 6.45) is 0. The summed E-state index contributed by atoms with van der Waals surface area (Å²) in [7, 11) is 1.82. The third-order valence-electron chi connectivity index (χ3n) is 3.64. The first kappa shape index (κ1) is 13.4. The molecule has 1 unspecified atom stereocenters. The minimum Gasteiger partial charge on any atom is -0.423 e. The number of nitrogen functional groups attached to an aromatic ring is 1. The van der Waals surface area contributed by atoms with E-state index in [0.717, 1.165) is 5.52 Å². The Kier molecular flexibility index (Phi) is 3.25. The van der Waals surface area contributed by atoms with Crippen molar-refractivity contribution in [1.82, 2.24) is 4.98 Å². The third-order valence-corrected chi connectivity index (χ3v) is 3.64. The molecular weight excluding hydrogens is 269 g/mol. The first-order chi connectivity index (χ1) is 10.1. The van der Waals surface area contributed by atoms with Gasteiger partial charge in [-0.1, -0.05) is 18.2 Å². The molecule has 0 aliphatic heterocycles. The van der Waals surface area contributed by atoms with Gasteiger partial charge in [-0.05, 0) is 25.1 Å². The maximum absolute atomic E-state index is 13.9. The van der Waals surface area contributed by atoms with Crippen molar-refractivity contribution in [2.45, 2.75) is 13.0 Å². The van der Waals surface area contributed by atoms with Crippen molar-refractivity contribution < 1.29 is 8.81 Å². The Labute approximate surface area is 122 Å². The standard InChI is InChI=1S/C16H16FN3O/c1-10(12-5-3-4-6-13(12)17)20(2)16-19-14-8-7-11(18)9-15(14)21-16/h3-10H,18H2,1-2H3. The van der Waals surface area contributed by atoms with Gasteiger partial charge in [-0.25, -0.2) is 4.39 Å². The smallest absolute Gasteiger partial charge is 0.298 e. The molecule has 0 aliphatic carbocycles. The zero-order chi connectivity index (χ0) is 15.0. The van der Waals surface area contributed by atoms with Gasteiger partial charge < -0.3 is 15.1 Å². The Balaban J connectivity index is 1.96. The second-order valence-electron chi connectivity index (χ2n) is 5.03. The number of benzene rings is 2. The molecule has 0 bridgehead atoms. The van der Waals surface area contributed by atoms with E-state index in [-0.39, 0.29) is 11.9 Å². The lowest BCUT2D eigenvalue weighted by atomic mass is 10.1. The van der Waals surface area contributed by atoms with Crippen LogP contribution in [0.25, 0.3) is 11.1 Å². The largest absolute Gasteiger partial charge is 0.423 e. The molecule has 21 heavy (non-hydrogen) atoms. The van der Waals surface area contributed by atoms with Gasteiger partial charge in [0.05, 0.1) is 6.04 Å². The van der Waals surface area contributed by atoms with Crippen LogP contribution >= 0.6 is 0 Å². The molecule has 0 radical (unpaired) electrons. The third kappa shape index (κ3) is 2.42. The van der Waals surface area contributed by atoms with Gasteiger partial charge in [-0.15, -0.1) is 0 Å². The minimum absolute atomic E-state index is 0.198. The number of aromatic nitrogens is 1.